The first-order valence-electron chi connectivity index (χ1n) is 9.61. The third kappa shape index (κ3) is 3.88. The molecule has 0 fully saturated rings. The van der Waals surface area contributed by atoms with Crippen LogP contribution in [0.4, 0.5) is 5.88 Å². The number of rotatable bonds is 5. The van der Waals surface area contributed by atoms with E-state index in [4.69, 9.17) is 4.42 Å². The van der Waals surface area contributed by atoms with E-state index in [0.717, 1.165) is 28.7 Å². The molecule has 0 saturated carbocycles. The number of nitriles is 1. The van der Waals surface area contributed by atoms with E-state index >= 15 is 0 Å². The molecule has 0 saturated heterocycles. The van der Waals surface area contributed by atoms with Crippen molar-refractivity contribution in [2.24, 2.45) is 4.99 Å². The number of benzene rings is 3. The summed E-state index contributed by atoms with van der Waals surface area (Å²) in [4.78, 5) is 4.52. The normalized spacial score (nSPS) is 10.9. The van der Waals surface area contributed by atoms with E-state index in [-0.39, 0.29) is 0 Å². The molecule has 0 aliphatic heterocycles. The van der Waals surface area contributed by atoms with Crippen molar-refractivity contribution in [3.63, 3.8) is 0 Å². The molecule has 0 amide bonds. The maximum atomic E-state index is 9.90. The average Bonchev–Trinajstić information content (AvgIpc) is 3.17. The smallest absolute Gasteiger partial charge is 0.238 e. The van der Waals surface area contributed by atoms with Crippen molar-refractivity contribution in [1.82, 2.24) is 0 Å². The Hall–Kier alpha value is -3.90. The van der Waals surface area contributed by atoms with Gasteiger partial charge in [-0.25, -0.2) is 4.99 Å². The monoisotopic (exact) mass is 376 g/mol. The van der Waals surface area contributed by atoms with Gasteiger partial charge in [0.05, 0.1) is 0 Å². The Balaban J connectivity index is 1.83. The summed E-state index contributed by atoms with van der Waals surface area (Å²) >= 11 is 0. The summed E-state index contributed by atoms with van der Waals surface area (Å²) in [5.74, 6) is 0.978. The highest BCUT2D eigenvalue weighted by atomic mass is 16.4. The summed E-state index contributed by atoms with van der Waals surface area (Å²) in [6, 6.07) is 30.2. The van der Waals surface area contributed by atoms with Gasteiger partial charge < -0.3 is 4.42 Å². The van der Waals surface area contributed by atoms with E-state index in [1.54, 1.807) is 6.21 Å². The summed E-state index contributed by atoms with van der Waals surface area (Å²) < 4.78 is 6.12. The number of aliphatic imine (C=N–C) groups is 1. The molecule has 3 nitrogen and oxygen atoms in total. The van der Waals surface area contributed by atoms with Crippen LogP contribution in [0.15, 0.2) is 94.3 Å². The molecular weight excluding hydrogens is 356 g/mol. The van der Waals surface area contributed by atoms with E-state index in [9.17, 15) is 5.26 Å². The Labute approximate surface area is 170 Å². The molecule has 29 heavy (non-hydrogen) atoms. The standard InChI is InChI=1S/C26H20N2O/c1-2-19-13-15-20(16-14-19)18-28-26-23(17-27)24(21-9-5-3-6-10-21)25(29-26)22-11-7-4-8-12-22/h3-16,18H,2H2,1H3/b28-18+. The maximum Gasteiger partial charge on any atom is 0.238 e. The Morgan fingerprint density at radius 3 is 2.07 bits per heavy atom. The summed E-state index contributed by atoms with van der Waals surface area (Å²) in [6.07, 6.45) is 2.73. The molecule has 0 bridgehead atoms. The summed E-state index contributed by atoms with van der Waals surface area (Å²) in [5.41, 5.74) is 5.29. The Kier molecular flexibility index (Phi) is 5.36. The minimum absolute atomic E-state index is 0.324. The number of hydrogen-bond donors (Lipinski definition) is 0. The second-order valence-electron chi connectivity index (χ2n) is 6.68. The van der Waals surface area contributed by atoms with Crippen molar-refractivity contribution in [3.05, 3.63) is 102 Å². The molecule has 3 heteroatoms. The summed E-state index contributed by atoms with van der Waals surface area (Å²) in [5, 5.41) is 9.90. The lowest BCUT2D eigenvalue weighted by Gasteiger charge is -2.03. The van der Waals surface area contributed by atoms with Crippen molar-refractivity contribution in [3.8, 4) is 28.5 Å². The van der Waals surface area contributed by atoms with Gasteiger partial charge in [-0.15, -0.1) is 0 Å². The molecule has 0 unspecified atom stereocenters. The van der Waals surface area contributed by atoms with Gasteiger partial charge in [-0.2, -0.15) is 5.26 Å². The van der Waals surface area contributed by atoms with E-state index in [0.29, 0.717) is 17.2 Å². The van der Waals surface area contributed by atoms with Crippen LogP contribution in [-0.4, -0.2) is 6.21 Å². The van der Waals surface area contributed by atoms with Crippen LogP contribution >= 0.6 is 0 Å². The highest BCUT2D eigenvalue weighted by molar-refractivity contribution is 5.89. The molecule has 0 radical (unpaired) electrons. The van der Waals surface area contributed by atoms with Gasteiger partial charge in [0.15, 0.2) is 0 Å². The van der Waals surface area contributed by atoms with Crippen molar-refractivity contribution in [2.75, 3.05) is 0 Å². The van der Waals surface area contributed by atoms with E-state index < -0.39 is 0 Å². The molecule has 0 atom stereocenters. The van der Waals surface area contributed by atoms with Gasteiger partial charge in [0.25, 0.3) is 0 Å². The predicted octanol–water partition coefficient (Wildman–Crippen LogP) is 6.80. The van der Waals surface area contributed by atoms with E-state index in [1.165, 1.54) is 5.56 Å². The zero-order chi connectivity index (χ0) is 20.1. The molecule has 0 aliphatic carbocycles. The minimum Gasteiger partial charge on any atom is -0.436 e. The lowest BCUT2D eigenvalue weighted by atomic mass is 9.98. The molecular formula is C26H20N2O. The molecule has 1 heterocycles. The lowest BCUT2D eigenvalue weighted by Crippen LogP contribution is -1.84. The first kappa shape index (κ1) is 18.5. The Morgan fingerprint density at radius 1 is 0.862 bits per heavy atom. The van der Waals surface area contributed by atoms with Crippen LogP contribution in [0.1, 0.15) is 23.6 Å². The van der Waals surface area contributed by atoms with Crippen LogP contribution in [0.5, 0.6) is 0 Å². The van der Waals surface area contributed by atoms with Crippen molar-refractivity contribution in [2.45, 2.75) is 13.3 Å². The fraction of sp³-hybridized carbons (Fsp3) is 0.0769. The second-order valence-corrected chi connectivity index (χ2v) is 6.68. The largest absolute Gasteiger partial charge is 0.436 e. The van der Waals surface area contributed by atoms with Crippen LogP contribution in [0, 0.1) is 11.3 Å². The zero-order valence-corrected chi connectivity index (χ0v) is 16.2. The third-order valence-corrected chi connectivity index (χ3v) is 4.82. The molecule has 3 aromatic carbocycles. The lowest BCUT2D eigenvalue weighted by molar-refractivity contribution is 0.593. The van der Waals surface area contributed by atoms with Gasteiger partial charge in [0.2, 0.25) is 5.88 Å². The molecule has 140 valence electrons. The minimum atomic E-state index is 0.324. The summed E-state index contributed by atoms with van der Waals surface area (Å²) in [6.45, 7) is 2.13. The zero-order valence-electron chi connectivity index (χ0n) is 16.2. The average molecular weight is 376 g/mol. The number of hydrogen-bond acceptors (Lipinski definition) is 3. The van der Waals surface area contributed by atoms with Crippen LogP contribution in [0.25, 0.3) is 22.5 Å². The quantitative estimate of drug-likeness (QED) is 0.360. The van der Waals surface area contributed by atoms with Crippen LogP contribution in [0.3, 0.4) is 0 Å². The molecule has 0 spiro atoms. The number of furan rings is 1. The second kappa shape index (κ2) is 8.41. The van der Waals surface area contributed by atoms with Gasteiger partial charge in [-0.1, -0.05) is 91.9 Å². The van der Waals surface area contributed by atoms with Crippen LogP contribution in [-0.2, 0) is 6.42 Å². The van der Waals surface area contributed by atoms with E-state index in [2.05, 4.69) is 30.1 Å². The van der Waals surface area contributed by atoms with Gasteiger partial charge in [0.1, 0.15) is 17.4 Å². The fourth-order valence-electron chi connectivity index (χ4n) is 3.26. The van der Waals surface area contributed by atoms with Gasteiger partial charge in [-0.05, 0) is 23.1 Å². The Bertz CT molecular complexity index is 1170. The molecule has 0 N–H and O–H groups in total. The molecule has 4 aromatic rings. The fourth-order valence-corrected chi connectivity index (χ4v) is 3.26. The van der Waals surface area contributed by atoms with E-state index in [1.807, 2.05) is 72.8 Å². The molecule has 1 aromatic heterocycles. The summed E-state index contributed by atoms with van der Waals surface area (Å²) in [7, 11) is 0. The SMILES string of the molecule is CCc1ccc(/C=N/c2oc(-c3ccccc3)c(-c3ccccc3)c2C#N)cc1. The van der Waals surface area contributed by atoms with Gasteiger partial charge in [0, 0.05) is 17.3 Å². The van der Waals surface area contributed by atoms with Crippen LogP contribution in [0.2, 0.25) is 0 Å². The third-order valence-electron chi connectivity index (χ3n) is 4.82. The number of aryl methyl sites for hydroxylation is 1. The highest BCUT2D eigenvalue weighted by Gasteiger charge is 2.22. The van der Waals surface area contributed by atoms with Crippen molar-refractivity contribution >= 4 is 12.1 Å². The first-order chi connectivity index (χ1) is 14.3. The maximum absolute atomic E-state index is 9.90. The van der Waals surface area contributed by atoms with Crippen molar-refractivity contribution in [1.29, 1.82) is 5.26 Å². The highest BCUT2D eigenvalue weighted by Crippen LogP contribution is 2.42. The predicted molar refractivity (Wildman–Crippen MR) is 117 cm³/mol. The van der Waals surface area contributed by atoms with Crippen molar-refractivity contribution < 1.29 is 4.42 Å². The van der Waals surface area contributed by atoms with Gasteiger partial charge >= 0.3 is 0 Å². The first-order valence-corrected chi connectivity index (χ1v) is 9.61. The molecule has 4 rings (SSSR count). The number of nitrogens with zero attached hydrogens (tertiary/aromatic N) is 2. The van der Waals surface area contributed by atoms with Crippen LogP contribution < -0.4 is 0 Å². The van der Waals surface area contributed by atoms with Gasteiger partial charge in [-0.3, -0.25) is 0 Å². The topological polar surface area (TPSA) is 49.3 Å². The Morgan fingerprint density at radius 2 is 1.48 bits per heavy atom. The molecule has 0 aliphatic rings.